The van der Waals surface area contributed by atoms with E-state index in [2.05, 4.69) is 10.6 Å². The third-order valence-electron chi connectivity index (χ3n) is 5.21. The molecule has 2 N–H and O–H groups in total. The van der Waals surface area contributed by atoms with Gasteiger partial charge in [-0.25, -0.2) is 4.79 Å². The summed E-state index contributed by atoms with van der Waals surface area (Å²) >= 11 is 5.57. The number of carbonyl (C=O) groups is 1. The van der Waals surface area contributed by atoms with Crippen molar-refractivity contribution in [2.45, 2.75) is 57.9 Å². The number of rotatable bonds is 5. The van der Waals surface area contributed by atoms with Crippen molar-refractivity contribution in [2.75, 3.05) is 11.9 Å². The normalized spacial score (nSPS) is 18.9. The molecule has 2 aliphatic carbocycles. The molecule has 1 aromatic rings. The van der Waals surface area contributed by atoms with Gasteiger partial charge >= 0.3 is 5.97 Å². The number of aryl methyl sites for hydroxylation is 1. The van der Waals surface area contributed by atoms with Crippen molar-refractivity contribution in [1.82, 2.24) is 5.32 Å². The van der Waals surface area contributed by atoms with Gasteiger partial charge in [0.2, 0.25) is 0 Å². The number of esters is 1. The summed E-state index contributed by atoms with van der Waals surface area (Å²) in [5, 5.41) is 7.56. The zero-order valence-corrected chi connectivity index (χ0v) is 15.3. The highest BCUT2D eigenvalue weighted by atomic mass is 32.1. The Labute approximate surface area is 149 Å². The van der Waals surface area contributed by atoms with E-state index in [0.29, 0.717) is 17.3 Å². The van der Waals surface area contributed by atoms with E-state index < -0.39 is 0 Å². The summed E-state index contributed by atoms with van der Waals surface area (Å²) in [6, 6.07) is 5.53. The monoisotopic (exact) mass is 346 g/mol. The molecule has 2 fully saturated rings. The molecule has 5 heteroatoms. The van der Waals surface area contributed by atoms with Crippen LogP contribution in [0.2, 0.25) is 0 Å². The molecule has 24 heavy (non-hydrogen) atoms. The first-order valence-corrected chi connectivity index (χ1v) is 9.32. The molecule has 0 unspecified atom stereocenters. The topological polar surface area (TPSA) is 50.4 Å². The van der Waals surface area contributed by atoms with Crippen LogP contribution in [0.4, 0.5) is 5.69 Å². The maximum atomic E-state index is 11.9. The van der Waals surface area contributed by atoms with E-state index in [1.165, 1.54) is 38.5 Å². The summed E-state index contributed by atoms with van der Waals surface area (Å²) in [5.41, 5.74) is 2.66. The Morgan fingerprint density at radius 2 is 2.04 bits per heavy atom. The van der Waals surface area contributed by atoms with Crippen molar-refractivity contribution < 1.29 is 9.53 Å². The summed E-state index contributed by atoms with van der Waals surface area (Å²) in [6.45, 7) is 4.19. The van der Waals surface area contributed by atoms with Gasteiger partial charge in [-0.15, -0.1) is 0 Å². The SMILES string of the molecule is CCOC(=O)c1ccc(C)c(NC(=S)NC2(C3CC3)CCCC2)c1. The fourth-order valence-electron chi connectivity index (χ4n) is 3.75. The standard InChI is InChI=1S/C19H26N2O2S/c1-3-23-17(22)14-7-6-13(2)16(12-14)20-18(24)21-19(15-8-9-15)10-4-5-11-19/h6-7,12,15H,3-5,8-11H2,1-2H3,(H2,20,21,24). The minimum absolute atomic E-state index is 0.191. The number of hydrogen-bond acceptors (Lipinski definition) is 3. The van der Waals surface area contributed by atoms with Gasteiger partial charge in [0, 0.05) is 11.2 Å². The van der Waals surface area contributed by atoms with Gasteiger partial charge in [-0.2, -0.15) is 0 Å². The van der Waals surface area contributed by atoms with Crippen LogP contribution in [0, 0.1) is 12.8 Å². The van der Waals surface area contributed by atoms with E-state index in [9.17, 15) is 4.79 Å². The van der Waals surface area contributed by atoms with Crippen LogP contribution in [0.1, 0.15) is 61.4 Å². The molecular formula is C19H26N2O2S. The summed E-state index contributed by atoms with van der Waals surface area (Å²) < 4.78 is 5.08. The molecule has 2 aliphatic rings. The van der Waals surface area contributed by atoms with Gasteiger partial charge in [0.05, 0.1) is 12.2 Å². The predicted octanol–water partition coefficient (Wildman–Crippen LogP) is 4.18. The molecule has 3 rings (SSSR count). The van der Waals surface area contributed by atoms with Crippen LogP contribution in [0.25, 0.3) is 0 Å². The van der Waals surface area contributed by atoms with Gasteiger partial charge in [0.15, 0.2) is 5.11 Å². The van der Waals surface area contributed by atoms with Gasteiger partial charge in [-0.1, -0.05) is 18.9 Å². The van der Waals surface area contributed by atoms with Crippen LogP contribution in [-0.4, -0.2) is 23.2 Å². The molecule has 2 saturated carbocycles. The molecule has 4 nitrogen and oxygen atoms in total. The first kappa shape index (κ1) is 17.2. The average molecular weight is 346 g/mol. The Bertz CT molecular complexity index is 634. The van der Waals surface area contributed by atoms with E-state index in [1.807, 2.05) is 26.0 Å². The lowest BCUT2D eigenvalue weighted by Crippen LogP contribution is -2.49. The maximum absolute atomic E-state index is 11.9. The number of anilines is 1. The van der Waals surface area contributed by atoms with Gasteiger partial charge < -0.3 is 15.4 Å². The minimum Gasteiger partial charge on any atom is -0.462 e. The van der Waals surface area contributed by atoms with Crippen molar-refractivity contribution in [3.05, 3.63) is 29.3 Å². The Balaban J connectivity index is 1.69. The van der Waals surface area contributed by atoms with Crippen LogP contribution in [0.3, 0.4) is 0 Å². The second-order valence-electron chi connectivity index (χ2n) is 6.97. The fraction of sp³-hybridized carbons (Fsp3) is 0.579. The lowest BCUT2D eigenvalue weighted by atomic mass is 9.91. The highest BCUT2D eigenvalue weighted by molar-refractivity contribution is 7.80. The second kappa shape index (κ2) is 7.09. The second-order valence-corrected chi connectivity index (χ2v) is 7.38. The zero-order valence-electron chi connectivity index (χ0n) is 14.5. The third-order valence-corrected chi connectivity index (χ3v) is 5.42. The lowest BCUT2D eigenvalue weighted by Gasteiger charge is -2.32. The summed E-state index contributed by atoms with van der Waals surface area (Å²) in [7, 11) is 0. The van der Waals surface area contributed by atoms with Crippen molar-refractivity contribution in [2.24, 2.45) is 5.92 Å². The maximum Gasteiger partial charge on any atom is 0.338 e. The highest BCUT2D eigenvalue weighted by Crippen LogP contribution is 2.48. The third kappa shape index (κ3) is 3.72. The lowest BCUT2D eigenvalue weighted by molar-refractivity contribution is 0.0526. The van der Waals surface area contributed by atoms with Gasteiger partial charge in [-0.3, -0.25) is 0 Å². The quantitative estimate of drug-likeness (QED) is 0.619. The van der Waals surface area contributed by atoms with Gasteiger partial charge in [0.25, 0.3) is 0 Å². The van der Waals surface area contributed by atoms with Crippen LogP contribution >= 0.6 is 12.2 Å². The van der Waals surface area contributed by atoms with E-state index in [0.717, 1.165) is 17.2 Å². The number of benzene rings is 1. The van der Waals surface area contributed by atoms with E-state index >= 15 is 0 Å². The first-order valence-electron chi connectivity index (χ1n) is 8.91. The van der Waals surface area contributed by atoms with E-state index in [4.69, 9.17) is 17.0 Å². The number of hydrogen-bond donors (Lipinski definition) is 2. The first-order chi connectivity index (χ1) is 11.5. The van der Waals surface area contributed by atoms with Crippen LogP contribution in [0.15, 0.2) is 18.2 Å². The Morgan fingerprint density at radius 3 is 2.67 bits per heavy atom. The Kier molecular flexibility index (Phi) is 5.09. The van der Waals surface area contributed by atoms with Crippen molar-refractivity contribution in [1.29, 1.82) is 0 Å². The smallest absolute Gasteiger partial charge is 0.338 e. The van der Waals surface area contributed by atoms with Crippen LogP contribution in [-0.2, 0) is 4.74 Å². The van der Waals surface area contributed by atoms with E-state index in [-0.39, 0.29) is 11.5 Å². The molecule has 130 valence electrons. The molecule has 1 aromatic carbocycles. The summed E-state index contributed by atoms with van der Waals surface area (Å²) in [4.78, 5) is 11.9. The molecule has 0 aliphatic heterocycles. The van der Waals surface area contributed by atoms with Gasteiger partial charge in [0.1, 0.15) is 0 Å². The number of thiocarbonyl (C=S) groups is 1. The average Bonchev–Trinajstić information content (AvgIpc) is 3.31. The van der Waals surface area contributed by atoms with Crippen LogP contribution in [0.5, 0.6) is 0 Å². The Morgan fingerprint density at radius 1 is 1.33 bits per heavy atom. The summed E-state index contributed by atoms with van der Waals surface area (Å²) in [6.07, 6.45) is 7.61. The van der Waals surface area contributed by atoms with E-state index in [1.54, 1.807) is 6.07 Å². The fourth-order valence-corrected chi connectivity index (χ4v) is 4.07. The molecule has 0 heterocycles. The summed E-state index contributed by atoms with van der Waals surface area (Å²) in [5.74, 6) is 0.469. The molecule has 0 aromatic heterocycles. The highest BCUT2D eigenvalue weighted by Gasteiger charge is 2.47. The largest absolute Gasteiger partial charge is 0.462 e. The Hall–Kier alpha value is -1.62. The predicted molar refractivity (Wildman–Crippen MR) is 100 cm³/mol. The van der Waals surface area contributed by atoms with Crippen molar-refractivity contribution in [3.63, 3.8) is 0 Å². The number of carbonyl (C=O) groups excluding carboxylic acids is 1. The molecule has 0 bridgehead atoms. The zero-order chi connectivity index (χ0) is 17.2. The molecular weight excluding hydrogens is 320 g/mol. The number of nitrogens with one attached hydrogen (secondary N) is 2. The molecule has 0 amide bonds. The molecule has 0 radical (unpaired) electrons. The molecule has 0 saturated heterocycles. The van der Waals surface area contributed by atoms with Crippen LogP contribution < -0.4 is 10.6 Å². The molecule has 0 spiro atoms. The molecule has 0 atom stereocenters. The minimum atomic E-state index is -0.301. The van der Waals surface area contributed by atoms with Crippen molar-refractivity contribution >= 4 is 29.0 Å². The van der Waals surface area contributed by atoms with Gasteiger partial charge in [-0.05, 0) is 75.4 Å². The number of ether oxygens (including phenoxy) is 1. The van der Waals surface area contributed by atoms with Crippen molar-refractivity contribution in [3.8, 4) is 0 Å².